The molecule has 0 bridgehead atoms. The molecule has 0 amide bonds. The second-order valence-corrected chi connectivity index (χ2v) is 4.47. The zero-order valence-corrected chi connectivity index (χ0v) is 10.5. The summed E-state index contributed by atoms with van der Waals surface area (Å²) in [4.78, 5) is 0. The predicted octanol–water partition coefficient (Wildman–Crippen LogP) is 3.06. The van der Waals surface area contributed by atoms with E-state index in [-0.39, 0.29) is 11.9 Å². The van der Waals surface area contributed by atoms with Gasteiger partial charge in [-0.2, -0.15) is 0 Å². The molecule has 0 heterocycles. The van der Waals surface area contributed by atoms with Gasteiger partial charge in [-0.25, -0.2) is 4.39 Å². The molecule has 1 atom stereocenters. The van der Waals surface area contributed by atoms with Crippen LogP contribution >= 0.6 is 0 Å². The third-order valence-electron chi connectivity index (χ3n) is 2.37. The summed E-state index contributed by atoms with van der Waals surface area (Å²) < 4.78 is 19.1. The van der Waals surface area contributed by atoms with E-state index in [1.54, 1.807) is 6.07 Å². The van der Waals surface area contributed by atoms with Crippen LogP contribution in [0.3, 0.4) is 0 Å². The lowest BCUT2D eigenvalue weighted by Gasteiger charge is -2.13. The first-order valence-corrected chi connectivity index (χ1v) is 5.81. The van der Waals surface area contributed by atoms with Crippen LogP contribution in [-0.2, 0) is 6.42 Å². The standard InChI is InChI=1S/C14H20FNO/c1-10(2)7-8-17-14-12(9-11(3)16)5-4-6-13(14)15/h4-6,11H,1,7-9,16H2,2-3H3. The Bertz CT molecular complexity index is 388. The van der Waals surface area contributed by atoms with Crippen molar-refractivity contribution in [3.63, 3.8) is 0 Å². The van der Waals surface area contributed by atoms with Crippen molar-refractivity contribution in [2.45, 2.75) is 32.7 Å². The maximum Gasteiger partial charge on any atom is 0.165 e. The van der Waals surface area contributed by atoms with Gasteiger partial charge in [0.2, 0.25) is 0 Å². The molecule has 3 heteroatoms. The largest absolute Gasteiger partial charge is 0.490 e. The summed E-state index contributed by atoms with van der Waals surface area (Å²) in [5.74, 6) is -0.00378. The van der Waals surface area contributed by atoms with E-state index in [4.69, 9.17) is 10.5 Å². The van der Waals surface area contributed by atoms with Crippen molar-refractivity contribution in [1.82, 2.24) is 0 Å². The van der Waals surface area contributed by atoms with Gasteiger partial charge in [0.05, 0.1) is 6.61 Å². The molecule has 1 unspecified atom stereocenters. The lowest BCUT2D eigenvalue weighted by molar-refractivity contribution is 0.301. The Morgan fingerprint density at radius 1 is 1.53 bits per heavy atom. The molecular formula is C14H20FNO. The molecule has 0 radical (unpaired) electrons. The maximum absolute atomic E-state index is 13.6. The van der Waals surface area contributed by atoms with E-state index in [1.165, 1.54) is 6.07 Å². The Balaban J connectivity index is 2.76. The van der Waals surface area contributed by atoms with Crippen LogP contribution in [-0.4, -0.2) is 12.6 Å². The van der Waals surface area contributed by atoms with Gasteiger partial charge in [-0.1, -0.05) is 17.7 Å². The van der Waals surface area contributed by atoms with E-state index in [0.717, 1.165) is 17.6 Å². The molecule has 94 valence electrons. The average Bonchev–Trinajstić information content (AvgIpc) is 2.21. The fourth-order valence-corrected chi connectivity index (χ4v) is 1.55. The Morgan fingerprint density at radius 3 is 2.82 bits per heavy atom. The second-order valence-electron chi connectivity index (χ2n) is 4.47. The SMILES string of the molecule is C=C(C)CCOc1c(F)cccc1CC(C)N. The third kappa shape index (κ3) is 4.57. The van der Waals surface area contributed by atoms with Crippen LogP contribution in [0.2, 0.25) is 0 Å². The van der Waals surface area contributed by atoms with Crippen LogP contribution in [0.5, 0.6) is 5.75 Å². The first-order valence-electron chi connectivity index (χ1n) is 5.81. The minimum Gasteiger partial charge on any atom is -0.490 e. The second kappa shape index (κ2) is 6.40. The molecule has 2 nitrogen and oxygen atoms in total. The first-order chi connectivity index (χ1) is 8.00. The van der Waals surface area contributed by atoms with E-state index in [9.17, 15) is 4.39 Å². The highest BCUT2D eigenvalue weighted by atomic mass is 19.1. The highest BCUT2D eigenvalue weighted by Gasteiger charge is 2.11. The van der Waals surface area contributed by atoms with Gasteiger partial charge in [0.1, 0.15) is 0 Å². The summed E-state index contributed by atoms with van der Waals surface area (Å²) in [6.07, 6.45) is 1.34. The first kappa shape index (κ1) is 13.7. The van der Waals surface area contributed by atoms with Gasteiger partial charge in [0.25, 0.3) is 0 Å². The number of ether oxygens (including phenoxy) is 1. The summed E-state index contributed by atoms with van der Waals surface area (Å²) in [6.45, 7) is 8.05. The monoisotopic (exact) mass is 237 g/mol. The van der Waals surface area contributed by atoms with Crippen molar-refractivity contribution >= 4 is 0 Å². The lowest BCUT2D eigenvalue weighted by atomic mass is 10.1. The van der Waals surface area contributed by atoms with E-state index < -0.39 is 0 Å². The van der Waals surface area contributed by atoms with E-state index in [0.29, 0.717) is 18.8 Å². The van der Waals surface area contributed by atoms with Crippen molar-refractivity contribution in [1.29, 1.82) is 0 Å². The molecule has 0 saturated carbocycles. The molecule has 0 aliphatic heterocycles. The predicted molar refractivity (Wildman–Crippen MR) is 68.7 cm³/mol. The van der Waals surface area contributed by atoms with Gasteiger partial charge in [-0.05, 0) is 31.9 Å². The molecule has 0 fully saturated rings. The number of hydrogen-bond donors (Lipinski definition) is 1. The van der Waals surface area contributed by atoms with E-state index in [1.807, 2.05) is 19.9 Å². The van der Waals surface area contributed by atoms with Gasteiger partial charge in [-0.3, -0.25) is 0 Å². The summed E-state index contributed by atoms with van der Waals surface area (Å²) >= 11 is 0. The van der Waals surface area contributed by atoms with Gasteiger partial charge < -0.3 is 10.5 Å². The van der Waals surface area contributed by atoms with Crippen LogP contribution in [0.25, 0.3) is 0 Å². The smallest absolute Gasteiger partial charge is 0.165 e. The fourth-order valence-electron chi connectivity index (χ4n) is 1.55. The Hall–Kier alpha value is -1.35. The quantitative estimate of drug-likeness (QED) is 0.772. The van der Waals surface area contributed by atoms with Crippen LogP contribution in [0.1, 0.15) is 25.8 Å². The van der Waals surface area contributed by atoms with Crippen molar-refractivity contribution < 1.29 is 9.13 Å². The zero-order valence-electron chi connectivity index (χ0n) is 10.5. The summed E-state index contributed by atoms with van der Waals surface area (Å²) in [7, 11) is 0. The number of para-hydroxylation sites is 1. The van der Waals surface area contributed by atoms with Crippen molar-refractivity contribution in [3.8, 4) is 5.75 Å². The molecule has 0 aromatic heterocycles. The number of halogens is 1. The fraction of sp³-hybridized carbons (Fsp3) is 0.429. The van der Waals surface area contributed by atoms with Crippen LogP contribution in [0.15, 0.2) is 30.4 Å². The van der Waals surface area contributed by atoms with E-state index in [2.05, 4.69) is 6.58 Å². The molecule has 0 aliphatic carbocycles. The molecule has 17 heavy (non-hydrogen) atoms. The van der Waals surface area contributed by atoms with Crippen LogP contribution in [0.4, 0.5) is 4.39 Å². The highest BCUT2D eigenvalue weighted by Crippen LogP contribution is 2.24. The third-order valence-corrected chi connectivity index (χ3v) is 2.37. The minimum absolute atomic E-state index is 0.0136. The minimum atomic E-state index is -0.329. The molecule has 0 saturated heterocycles. The Kier molecular flexibility index (Phi) is 5.16. The normalized spacial score (nSPS) is 12.2. The van der Waals surface area contributed by atoms with Gasteiger partial charge in [0.15, 0.2) is 11.6 Å². The zero-order chi connectivity index (χ0) is 12.8. The average molecular weight is 237 g/mol. The Morgan fingerprint density at radius 2 is 2.24 bits per heavy atom. The maximum atomic E-state index is 13.6. The van der Waals surface area contributed by atoms with Crippen LogP contribution < -0.4 is 10.5 Å². The highest BCUT2D eigenvalue weighted by molar-refractivity contribution is 5.35. The molecule has 2 N–H and O–H groups in total. The number of hydrogen-bond acceptors (Lipinski definition) is 2. The van der Waals surface area contributed by atoms with Gasteiger partial charge in [0, 0.05) is 12.5 Å². The summed E-state index contributed by atoms with van der Waals surface area (Å²) in [6, 6.07) is 4.92. The molecular weight excluding hydrogens is 217 g/mol. The number of nitrogens with two attached hydrogens (primary N) is 1. The number of rotatable bonds is 6. The van der Waals surface area contributed by atoms with E-state index >= 15 is 0 Å². The van der Waals surface area contributed by atoms with Crippen molar-refractivity contribution in [3.05, 3.63) is 41.7 Å². The van der Waals surface area contributed by atoms with Gasteiger partial charge in [-0.15, -0.1) is 6.58 Å². The molecule has 1 aromatic rings. The van der Waals surface area contributed by atoms with Crippen LogP contribution in [0, 0.1) is 5.82 Å². The van der Waals surface area contributed by atoms with Gasteiger partial charge >= 0.3 is 0 Å². The molecule has 1 aromatic carbocycles. The van der Waals surface area contributed by atoms with Crippen molar-refractivity contribution in [2.24, 2.45) is 5.73 Å². The van der Waals surface area contributed by atoms with Crippen molar-refractivity contribution in [2.75, 3.05) is 6.61 Å². The number of benzene rings is 1. The Labute approximate surface area is 102 Å². The molecule has 1 rings (SSSR count). The molecule has 0 spiro atoms. The summed E-state index contributed by atoms with van der Waals surface area (Å²) in [5, 5.41) is 0. The summed E-state index contributed by atoms with van der Waals surface area (Å²) in [5.41, 5.74) is 7.57. The lowest BCUT2D eigenvalue weighted by Crippen LogP contribution is -2.18. The molecule has 0 aliphatic rings. The topological polar surface area (TPSA) is 35.2 Å².